The van der Waals surface area contributed by atoms with Gasteiger partial charge in [0.05, 0.1) is 4.88 Å². The molecule has 0 aliphatic carbocycles. The highest BCUT2D eigenvalue weighted by atomic mass is 35.5. The molecule has 5 nitrogen and oxygen atoms in total. The minimum absolute atomic E-state index is 0.201. The van der Waals surface area contributed by atoms with E-state index in [1.54, 1.807) is 41.9 Å². The van der Waals surface area contributed by atoms with Crippen molar-refractivity contribution in [3.05, 3.63) is 69.6 Å². The van der Waals surface area contributed by atoms with Gasteiger partial charge in [-0.15, -0.1) is 11.3 Å². The monoisotopic (exact) mass is 360 g/mol. The van der Waals surface area contributed by atoms with Gasteiger partial charge < -0.3 is 5.32 Å². The predicted molar refractivity (Wildman–Crippen MR) is 93.7 cm³/mol. The predicted octanol–water partition coefficient (Wildman–Crippen LogP) is 3.60. The second-order valence-electron chi connectivity index (χ2n) is 5.11. The third-order valence-corrected chi connectivity index (χ3v) is 4.82. The number of rotatable bonds is 4. The quantitative estimate of drug-likeness (QED) is 0.491. The van der Waals surface area contributed by atoms with Gasteiger partial charge in [-0.25, -0.2) is 5.48 Å². The number of carbonyl (C=O) groups is 2. The Balaban J connectivity index is 1.74. The van der Waals surface area contributed by atoms with E-state index in [1.807, 2.05) is 12.1 Å². The van der Waals surface area contributed by atoms with Gasteiger partial charge in [-0.3, -0.25) is 14.8 Å². The highest BCUT2D eigenvalue weighted by molar-refractivity contribution is 7.20. The summed E-state index contributed by atoms with van der Waals surface area (Å²) in [7, 11) is 0. The number of halogens is 1. The number of nitrogens with one attached hydrogen (secondary N) is 2. The molecule has 7 heteroatoms. The number of hydrogen-bond donors (Lipinski definition) is 3. The summed E-state index contributed by atoms with van der Waals surface area (Å²) >= 11 is 7.04. The Hall–Kier alpha value is -2.41. The van der Waals surface area contributed by atoms with E-state index >= 15 is 0 Å². The molecule has 1 heterocycles. The van der Waals surface area contributed by atoms with Crippen molar-refractivity contribution in [1.29, 1.82) is 0 Å². The van der Waals surface area contributed by atoms with Crippen LogP contribution in [0.4, 0.5) is 0 Å². The van der Waals surface area contributed by atoms with Gasteiger partial charge in [0, 0.05) is 21.8 Å². The topological polar surface area (TPSA) is 78.4 Å². The van der Waals surface area contributed by atoms with E-state index in [1.165, 1.54) is 11.3 Å². The zero-order valence-electron chi connectivity index (χ0n) is 12.4. The molecule has 2 amide bonds. The van der Waals surface area contributed by atoms with Crippen molar-refractivity contribution in [2.45, 2.75) is 6.54 Å². The van der Waals surface area contributed by atoms with Crippen molar-refractivity contribution < 1.29 is 14.8 Å². The molecule has 0 saturated heterocycles. The molecule has 0 radical (unpaired) electrons. The molecule has 0 aliphatic heterocycles. The largest absolute Gasteiger partial charge is 0.348 e. The number of carbonyl (C=O) groups excluding carboxylic acids is 2. The lowest BCUT2D eigenvalue weighted by atomic mass is 10.1. The first-order valence-corrected chi connectivity index (χ1v) is 8.27. The summed E-state index contributed by atoms with van der Waals surface area (Å²) in [6.45, 7) is 0.399. The first-order valence-electron chi connectivity index (χ1n) is 7.07. The van der Waals surface area contributed by atoms with E-state index in [-0.39, 0.29) is 5.91 Å². The maximum Gasteiger partial charge on any atom is 0.284 e. The van der Waals surface area contributed by atoms with Crippen molar-refractivity contribution >= 4 is 44.8 Å². The SMILES string of the molecule is O=C(NCc1ccc(Cl)cc1)c1ccc2cc(C(=O)NO)sc2c1. The normalized spacial score (nSPS) is 10.6. The zero-order chi connectivity index (χ0) is 17.1. The molecule has 0 aliphatic rings. The van der Waals surface area contributed by atoms with Crippen LogP contribution in [0.2, 0.25) is 5.02 Å². The summed E-state index contributed by atoms with van der Waals surface area (Å²) in [5.41, 5.74) is 3.06. The van der Waals surface area contributed by atoms with E-state index in [2.05, 4.69) is 5.32 Å². The number of fused-ring (bicyclic) bond motifs is 1. The van der Waals surface area contributed by atoms with Gasteiger partial charge in [0.2, 0.25) is 0 Å². The zero-order valence-corrected chi connectivity index (χ0v) is 13.9. The lowest BCUT2D eigenvalue weighted by Gasteiger charge is -2.05. The van der Waals surface area contributed by atoms with Crippen LogP contribution in [-0.2, 0) is 6.54 Å². The standard InChI is InChI=1S/C17H13ClN2O3S/c18-13-5-1-10(2-6-13)9-19-16(21)12-4-3-11-7-15(17(22)20-23)24-14(11)8-12/h1-8,23H,9H2,(H,19,21)(H,20,22). The summed E-state index contributed by atoms with van der Waals surface area (Å²) in [6, 6.07) is 14.1. The molecule has 0 bridgehead atoms. The lowest BCUT2D eigenvalue weighted by molar-refractivity contribution is 0.0711. The van der Waals surface area contributed by atoms with Crippen LogP contribution in [0.15, 0.2) is 48.5 Å². The fourth-order valence-electron chi connectivity index (χ4n) is 2.23. The summed E-state index contributed by atoms with van der Waals surface area (Å²) < 4.78 is 0.799. The molecular weight excluding hydrogens is 348 g/mol. The molecule has 2 aromatic carbocycles. The van der Waals surface area contributed by atoms with E-state index in [0.29, 0.717) is 22.0 Å². The summed E-state index contributed by atoms with van der Waals surface area (Å²) in [6.07, 6.45) is 0. The van der Waals surface area contributed by atoms with Gasteiger partial charge in [0.25, 0.3) is 11.8 Å². The Morgan fingerprint density at radius 1 is 1.04 bits per heavy atom. The number of thiophene rings is 1. The van der Waals surface area contributed by atoms with Gasteiger partial charge >= 0.3 is 0 Å². The fraction of sp³-hybridized carbons (Fsp3) is 0.0588. The van der Waals surface area contributed by atoms with Crippen LogP contribution >= 0.6 is 22.9 Å². The third-order valence-electron chi connectivity index (χ3n) is 3.47. The molecule has 24 heavy (non-hydrogen) atoms. The maximum atomic E-state index is 12.3. The fourth-order valence-corrected chi connectivity index (χ4v) is 3.34. The third kappa shape index (κ3) is 3.56. The Morgan fingerprint density at radius 3 is 2.50 bits per heavy atom. The van der Waals surface area contributed by atoms with Gasteiger partial charge in [-0.05, 0) is 41.3 Å². The van der Waals surface area contributed by atoms with E-state index < -0.39 is 5.91 Å². The van der Waals surface area contributed by atoms with Crippen LogP contribution < -0.4 is 10.8 Å². The Morgan fingerprint density at radius 2 is 1.79 bits per heavy atom. The molecule has 0 unspecified atom stereocenters. The van der Waals surface area contributed by atoms with Gasteiger partial charge in [0.15, 0.2) is 0 Å². The Kier molecular flexibility index (Phi) is 4.80. The van der Waals surface area contributed by atoms with Crippen molar-refractivity contribution in [3.63, 3.8) is 0 Å². The first-order chi connectivity index (χ1) is 11.6. The van der Waals surface area contributed by atoms with Crippen LogP contribution in [0.1, 0.15) is 25.6 Å². The van der Waals surface area contributed by atoms with E-state index in [9.17, 15) is 9.59 Å². The smallest absolute Gasteiger partial charge is 0.284 e. The highest BCUT2D eigenvalue weighted by Gasteiger charge is 2.12. The number of hydrogen-bond acceptors (Lipinski definition) is 4. The molecular formula is C17H13ClN2O3S. The Bertz CT molecular complexity index is 906. The first kappa shape index (κ1) is 16.4. The summed E-state index contributed by atoms with van der Waals surface area (Å²) in [4.78, 5) is 24.1. The van der Waals surface area contributed by atoms with Crippen molar-refractivity contribution in [2.24, 2.45) is 0 Å². The van der Waals surface area contributed by atoms with E-state index in [4.69, 9.17) is 16.8 Å². The van der Waals surface area contributed by atoms with Crippen LogP contribution in [0.25, 0.3) is 10.1 Å². The molecule has 122 valence electrons. The second kappa shape index (κ2) is 7.00. The van der Waals surface area contributed by atoms with Crippen LogP contribution in [0, 0.1) is 0 Å². The molecule has 0 spiro atoms. The number of hydroxylamine groups is 1. The summed E-state index contributed by atoms with van der Waals surface area (Å²) in [5.74, 6) is -0.765. The molecule has 0 fully saturated rings. The average molecular weight is 361 g/mol. The lowest BCUT2D eigenvalue weighted by Crippen LogP contribution is -2.22. The van der Waals surface area contributed by atoms with Gasteiger partial charge in [-0.2, -0.15) is 0 Å². The molecule has 1 aromatic heterocycles. The number of benzene rings is 2. The molecule has 3 N–H and O–H groups in total. The minimum atomic E-state index is -0.565. The van der Waals surface area contributed by atoms with Crippen molar-refractivity contribution in [2.75, 3.05) is 0 Å². The molecule has 0 atom stereocenters. The highest BCUT2D eigenvalue weighted by Crippen LogP contribution is 2.26. The van der Waals surface area contributed by atoms with Crippen LogP contribution in [0.3, 0.4) is 0 Å². The van der Waals surface area contributed by atoms with Gasteiger partial charge in [0.1, 0.15) is 0 Å². The summed E-state index contributed by atoms with van der Waals surface area (Å²) in [5, 5.41) is 13.0. The van der Waals surface area contributed by atoms with Crippen molar-refractivity contribution in [1.82, 2.24) is 10.8 Å². The molecule has 0 saturated carbocycles. The number of amides is 2. The second-order valence-corrected chi connectivity index (χ2v) is 6.63. The maximum absolute atomic E-state index is 12.3. The van der Waals surface area contributed by atoms with Crippen LogP contribution in [0.5, 0.6) is 0 Å². The minimum Gasteiger partial charge on any atom is -0.348 e. The molecule has 3 rings (SSSR count). The van der Waals surface area contributed by atoms with E-state index in [0.717, 1.165) is 15.6 Å². The van der Waals surface area contributed by atoms with Crippen molar-refractivity contribution in [3.8, 4) is 0 Å². The molecule has 3 aromatic rings. The van der Waals surface area contributed by atoms with Gasteiger partial charge in [-0.1, -0.05) is 29.8 Å². The Labute approximate surface area is 146 Å². The average Bonchev–Trinajstić information content (AvgIpc) is 3.03. The van der Waals surface area contributed by atoms with Crippen LogP contribution in [-0.4, -0.2) is 17.0 Å².